The van der Waals surface area contributed by atoms with Gasteiger partial charge in [0.2, 0.25) is 0 Å². The highest BCUT2D eigenvalue weighted by Crippen LogP contribution is 2.27. The molecule has 0 bridgehead atoms. The second-order valence-corrected chi connectivity index (χ2v) is 4.16. The van der Waals surface area contributed by atoms with E-state index in [1.165, 1.54) is 18.2 Å². The van der Waals surface area contributed by atoms with Crippen molar-refractivity contribution in [3.05, 3.63) is 29.6 Å². The summed E-state index contributed by atoms with van der Waals surface area (Å²) in [6.45, 7) is 0.949. The molecule has 1 fully saturated rings. The van der Waals surface area contributed by atoms with Crippen LogP contribution in [0, 0.1) is 5.82 Å². The lowest BCUT2D eigenvalue weighted by atomic mass is 10.0. The van der Waals surface area contributed by atoms with Crippen LogP contribution < -0.4 is 4.90 Å². The average Bonchev–Trinajstić information content (AvgIpc) is 2.30. The summed E-state index contributed by atoms with van der Waals surface area (Å²) in [5.74, 6) is -1.66. The number of aliphatic hydroxyl groups excluding tert-OH is 1. The van der Waals surface area contributed by atoms with Crippen LogP contribution in [0.2, 0.25) is 0 Å². The third-order valence-electron chi connectivity index (χ3n) is 3.00. The van der Waals surface area contributed by atoms with E-state index in [1.807, 2.05) is 0 Å². The maximum atomic E-state index is 13.7. The first-order valence-electron chi connectivity index (χ1n) is 5.54. The van der Waals surface area contributed by atoms with Gasteiger partial charge in [0.05, 0.1) is 17.4 Å². The molecule has 1 aromatic rings. The highest BCUT2D eigenvalue weighted by Gasteiger charge is 2.24. The molecule has 1 aromatic carbocycles. The van der Waals surface area contributed by atoms with Crippen molar-refractivity contribution in [2.75, 3.05) is 18.0 Å². The zero-order valence-corrected chi connectivity index (χ0v) is 9.27. The van der Waals surface area contributed by atoms with Crippen LogP contribution in [0.15, 0.2) is 18.2 Å². The zero-order valence-electron chi connectivity index (χ0n) is 9.27. The molecule has 4 nitrogen and oxygen atoms in total. The summed E-state index contributed by atoms with van der Waals surface area (Å²) in [7, 11) is 0. The molecule has 2 N–H and O–H groups in total. The van der Waals surface area contributed by atoms with E-state index in [-0.39, 0.29) is 17.4 Å². The summed E-state index contributed by atoms with van der Waals surface area (Å²) in [4.78, 5) is 12.7. The molecule has 17 heavy (non-hydrogen) atoms. The number of para-hydroxylation sites is 1. The number of carboxylic acid groups (broad SMARTS) is 1. The number of aromatic carboxylic acids is 1. The Kier molecular flexibility index (Phi) is 3.28. The van der Waals surface area contributed by atoms with Gasteiger partial charge in [-0.3, -0.25) is 0 Å². The van der Waals surface area contributed by atoms with Crippen LogP contribution in [0.1, 0.15) is 23.2 Å². The maximum Gasteiger partial charge on any atom is 0.337 e. The highest BCUT2D eigenvalue weighted by atomic mass is 19.1. The molecule has 5 heteroatoms. The minimum Gasteiger partial charge on any atom is -0.478 e. The van der Waals surface area contributed by atoms with Gasteiger partial charge in [0, 0.05) is 13.1 Å². The van der Waals surface area contributed by atoms with Crippen LogP contribution in [0.4, 0.5) is 10.1 Å². The van der Waals surface area contributed by atoms with E-state index in [0.717, 1.165) is 0 Å². The van der Waals surface area contributed by atoms with Gasteiger partial charge in [-0.2, -0.15) is 0 Å². The number of carboxylic acids is 1. The molecule has 0 spiro atoms. The van der Waals surface area contributed by atoms with Gasteiger partial charge in [0.15, 0.2) is 0 Å². The molecule has 92 valence electrons. The number of hydrogen-bond donors (Lipinski definition) is 2. The highest BCUT2D eigenvalue weighted by molar-refractivity contribution is 5.94. The predicted octanol–water partition coefficient (Wildman–Crippen LogP) is 1.48. The Hall–Kier alpha value is -1.62. The largest absolute Gasteiger partial charge is 0.478 e. The van der Waals surface area contributed by atoms with E-state index in [9.17, 15) is 14.3 Å². The first-order chi connectivity index (χ1) is 8.09. The Balaban J connectivity index is 2.33. The summed E-state index contributed by atoms with van der Waals surface area (Å²) in [5, 5.41) is 18.4. The van der Waals surface area contributed by atoms with Gasteiger partial charge in [-0.15, -0.1) is 0 Å². The number of hydrogen-bond acceptors (Lipinski definition) is 3. The number of aliphatic hydroxyl groups is 1. The smallest absolute Gasteiger partial charge is 0.337 e. The molecular formula is C12H14FNO3. The molecule has 2 rings (SSSR count). The number of benzene rings is 1. The van der Waals surface area contributed by atoms with Crippen molar-refractivity contribution in [3.63, 3.8) is 0 Å². The van der Waals surface area contributed by atoms with E-state index < -0.39 is 11.8 Å². The van der Waals surface area contributed by atoms with Crippen molar-refractivity contribution in [2.24, 2.45) is 0 Å². The van der Waals surface area contributed by atoms with Crippen LogP contribution in [0.5, 0.6) is 0 Å². The Morgan fingerprint density at radius 3 is 2.59 bits per heavy atom. The zero-order chi connectivity index (χ0) is 12.4. The van der Waals surface area contributed by atoms with E-state index in [2.05, 4.69) is 0 Å². The number of nitrogens with zero attached hydrogens (tertiary/aromatic N) is 1. The van der Waals surface area contributed by atoms with Crippen molar-refractivity contribution >= 4 is 11.7 Å². The Labute approximate surface area is 98.3 Å². The first-order valence-corrected chi connectivity index (χ1v) is 5.54. The van der Waals surface area contributed by atoms with Crippen molar-refractivity contribution in [3.8, 4) is 0 Å². The fraction of sp³-hybridized carbons (Fsp3) is 0.417. The Morgan fingerprint density at radius 2 is 2.00 bits per heavy atom. The molecule has 0 radical (unpaired) electrons. The van der Waals surface area contributed by atoms with Gasteiger partial charge in [-0.25, -0.2) is 9.18 Å². The van der Waals surface area contributed by atoms with Gasteiger partial charge in [-0.1, -0.05) is 6.07 Å². The minimum absolute atomic E-state index is 0.0265. The van der Waals surface area contributed by atoms with Crippen molar-refractivity contribution < 1.29 is 19.4 Å². The number of anilines is 1. The second-order valence-electron chi connectivity index (χ2n) is 4.16. The van der Waals surface area contributed by atoms with E-state index in [0.29, 0.717) is 25.9 Å². The molecule has 1 aliphatic heterocycles. The summed E-state index contributed by atoms with van der Waals surface area (Å²) in [6.07, 6.45) is 0.701. The average molecular weight is 239 g/mol. The first kappa shape index (κ1) is 11.9. The van der Waals surface area contributed by atoms with Crippen molar-refractivity contribution in [1.29, 1.82) is 0 Å². The number of rotatable bonds is 2. The van der Waals surface area contributed by atoms with Gasteiger partial charge >= 0.3 is 5.97 Å². The van der Waals surface area contributed by atoms with Gasteiger partial charge in [-0.05, 0) is 25.0 Å². The molecule has 1 aliphatic rings. The van der Waals surface area contributed by atoms with Crippen LogP contribution in [-0.2, 0) is 0 Å². The molecule has 0 unspecified atom stereocenters. The molecule has 1 heterocycles. The number of carbonyl (C=O) groups is 1. The predicted molar refractivity (Wildman–Crippen MR) is 60.8 cm³/mol. The molecular weight excluding hydrogens is 225 g/mol. The molecule has 0 aromatic heterocycles. The van der Waals surface area contributed by atoms with Crippen LogP contribution >= 0.6 is 0 Å². The Morgan fingerprint density at radius 1 is 1.35 bits per heavy atom. The summed E-state index contributed by atoms with van der Waals surface area (Å²) >= 11 is 0. The summed E-state index contributed by atoms with van der Waals surface area (Å²) in [6, 6.07) is 4.04. The number of halogens is 1. The van der Waals surface area contributed by atoms with Gasteiger partial charge in [0.25, 0.3) is 0 Å². The van der Waals surface area contributed by atoms with E-state index in [1.54, 1.807) is 4.90 Å². The molecule has 0 saturated carbocycles. The standard InChI is InChI=1S/C12H14FNO3/c13-10-3-1-2-9(12(16)17)11(10)14-6-4-8(15)5-7-14/h1-3,8,15H,4-7H2,(H,16,17). The second kappa shape index (κ2) is 4.71. The lowest BCUT2D eigenvalue weighted by molar-refractivity contribution is 0.0697. The van der Waals surface area contributed by atoms with Gasteiger partial charge < -0.3 is 15.1 Å². The topological polar surface area (TPSA) is 60.8 Å². The fourth-order valence-corrected chi connectivity index (χ4v) is 2.10. The van der Waals surface area contributed by atoms with Crippen molar-refractivity contribution in [2.45, 2.75) is 18.9 Å². The summed E-state index contributed by atoms with van der Waals surface area (Å²) < 4.78 is 13.7. The van der Waals surface area contributed by atoms with Crippen LogP contribution in [-0.4, -0.2) is 35.4 Å². The number of piperidine rings is 1. The lowest BCUT2D eigenvalue weighted by Gasteiger charge is -2.32. The lowest BCUT2D eigenvalue weighted by Crippen LogP contribution is -2.37. The normalized spacial score (nSPS) is 17.2. The molecule has 1 saturated heterocycles. The monoisotopic (exact) mass is 239 g/mol. The van der Waals surface area contributed by atoms with Crippen molar-refractivity contribution in [1.82, 2.24) is 0 Å². The maximum absolute atomic E-state index is 13.7. The van der Waals surface area contributed by atoms with Crippen LogP contribution in [0.25, 0.3) is 0 Å². The summed E-state index contributed by atoms with van der Waals surface area (Å²) in [5.41, 5.74) is 0.105. The minimum atomic E-state index is -1.13. The molecule has 0 atom stereocenters. The third kappa shape index (κ3) is 2.39. The quantitative estimate of drug-likeness (QED) is 0.820. The van der Waals surface area contributed by atoms with Gasteiger partial charge in [0.1, 0.15) is 5.82 Å². The molecule has 0 aliphatic carbocycles. The van der Waals surface area contributed by atoms with E-state index >= 15 is 0 Å². The van der Waals surface area contributed by atoms with Crippen LogP contribution in [0.3, 0.4) is 0 Å². The van der Waals surface area contributed by atoms with E-state index in [4.69, 9.17) is 5.11 Å². The Bertz CT molecular complexity index is 428. The fourth-order valence-electron chi connectivity index (χ4n) is 2.10. The molecule has 0 amide bonds. The third-order valence-corrected chi connectivity index (χ3v) is 3.00. The SMILES string of the molecule is O=C(O)c1cccc(F)c1N1CCC(O)CC1.